The normalized spacial score (nSPS) is 13.2. The topological polar surface area (TPSA) is 48.0 Å². The number of carbonyl (C=O) groups excluding carboxylic acids is 1. The molecular weight excluding hydrogens is 363 g/mol. The second-order valence-electron chi connectivity index (χ2n) is 6.02. The van der Waals surface area contributed by atoms with Crippen molar-refractivity contribution in [2.75, 3.05) is 27.4 Å². The minimum Gasteiger partial charge on any atom is -0.493 e. The Kier molecular flexibility index (Phi) is 5.16. The van der Waals surface area contributed by atoms with Crippen molar-refractivity contribution in [3.05, 3.63) is 53.1 Å². The highest BCUT2D eigenvalue weighted by Crippen LogP contribution is 2.40. The molecule has 2 aromatic rings. The van der Waals surface area contributed by atoms with Crippen molar-refractivity contribution < 1.29 is 32.2 Å². The Morgan fingerprint density at radius 2 is 1.89 bits per heavy atom. The number of fused-ring (bicyclic) bond motifs is 1. The van der Waals surface area contributed by atoms with Gasteiger partial charge in [0.2, 0.25) is 5.75 Å². The molecule has 1 amide bonds. The zero-order chi connectivity index (χ0) is 19.6. The Morgan fingerprint density at radius 3 is 2.59 bits per heavy atom. The molecule has 5 nitrogen and oxygen atoms in total. The van der Waals surface area contributed by atoms with Crippen LogP contribution in [0.15, 0.2) is 36.4 Å². The molecule has 8 heteroatoms. The van der Waals surface area contributed by atoms with E-state index in [1.807, 2.05) is 0 Å². The number of nitrogens with zero attached hydrogens (tertiary/aromatic N) is 1. The van der Waals surface area contributed by atoms with Crippen LogP contribution in [0.3, 0.4) is 0 Å². The standard InChI is InChI=1S/C19H18F3NO4/c1-23(11-12-5-3-4-6-14(12)19(20,21)22)18(24)13-9-15(25-2)17-16(10-13)26-7-8-27-17/h3-6,9-10H,7-8,11H2,1-2H3. The highest BCUT2D eigenvalue weighted by molar-refractivity contribution is 5.95. The molecule has 0 spiro atoms. The highest BCUT2D eigenvalue weighted by atomic mass is 19.4. The number of hydrogen-bond acceptors (Lipinski definition) is 4. The maximum Gasteiger partial charge on any atom is 0.416 e. The summed E-state index contributed by atoms with van der Waals surface area (Å²) in [7, 11) is 2.88. The molecule has 0 fully saturated rings. The average Bonchev–Trinajstić information content (AvgIpc) is 2.66. The summed E-state index contributed by atoms with van der Waals surface area (Å²) in [6, 6.07) is 8.18. The minimum absolute atomic E-state index is 0.0189. The van der Waals surface area contributed by atoms with Gasteiger partial charge in [-0.3, -0.25) is 4.79 Å². The second-order valence-corrected chi connectivity index (χ2v) is 6.02. The smallest absolute Gasteiger partial charge is 0.416 e. The van der Waals surface area contributed by atoms with Gasteiger partial charge in [-0.15, -0.1) is 0 Å². The first kappa shape index (κ1) is 18.9. The van der Waals surface area contributed by atoms with E-state index in [2.05, 4.69) is 0 Å². The van der Waals surface area contributed by atoms with E-state index < -0.39 is 17.6 Å². The molecule has 0 saturated heterocycles. The van der Waals surface area contributed by atoms with Crippen LogP contribution in [0, 0.1) is 0 Å². The van der Waals surface area contributed by atoms with Gasteiger partial charge in [-0.1, -0.05) is 18.2 Å². The summed E-state index contributed by atoms with van der Waals surface area (Å²) in [5, 5.41) is 0. The van der Waals surface area contributed by atoms with Crippen LogP contribution in [0.5, 0.6) is 17.2 Å². The van der Waals surface area contributed by atoms with Crippen LogP contribution >= 0.6 is 0 Å². The molecular formula is C19H18F3NO4. The van der Waals surface area contributed by atoms with Crippen LogP contribution in [0.1, 0.15) is 21.5 Å². The van der Waals surface area contributed by atoms with Crippen LogP contribution in [0.25, 0.3) is 0 Å². The number of methoxy groups -OCH3 is 1. The summed E-state index contributed by atoms with van der Waals surface area (Å²) in [5.74, 6) is 0.653. The summed E-state index contributed by atoms with van der Waals surface area (Å²) < 4.78 is 55.7. The first-order chi connectivity index (χ1) is 12.8. The maximum atomic E-state index is 13.2. The van der Waals surface area contributed by atoms with Gasteiger partial charge in [-0.05, 0) is 23.8 Å². The van der Waals surface area contributed by atoms with Gasteiger partial charge >= 0.3 is 6.18 Å². The Hall–Kier alpha value is -2.90. The molecule has 0 saturated carbocycles. The number of alkyl halides is 3. The van der Waals surface area contributed by atoms with E-state index in [9.17, 15) is 18.0 Å². The van der Waals surface area contributed by atoms with Gasteiger partial charge in [-0.2, -0.15) is 13.2 Å². The summed E-state index contributed by atoms with van der Waals surface area (Å²) in [6.07, 6.45) is -4.49. The van der Waals surface area contributed by atoms with E-state index in [0.717, 1.165) is 6.07 Å². The number of halogens is 3. The number of benzene rings is 2. The summed E-state index contributed by atoms with van der Waals surface area (Å²) in [4.78, 5) is 14.0. The van der Waals surface area contributed by atoms with Crippen LogP contribution in [0.2, 0.25) is 0 Å². The Bertz CT molecular complexity index is 834. The van der Waals surface area contributed by atoms with E-state index in [0.29, 0.717) is 30.5 Å². The number of hydrogen-bond donors (Lipinski definition) is 0. The third kappa shape index (κ3) is 3.94. The maximum absolute atomic E-state index is 13.2. The lowest BCUT2D eigenvalue weighted by molar-refractivity contribution is -0.138. The van der Waals surface area contributed by atoms with Crippen LogP contribution in [-0.4, -0.2) is 38.2 Å². The molecule has 0 N–H and O–H groups in total. The third-order valence-corrected chi connectivity index (χ3v) is 4.15. The number of rotatable bonds is 4. The molecule has 0 bridgehead atoms. The highest BCUT2D eigenvalue weighted by Gasteiger charge is 2.33. The molecule has 0 radical (unpaired) electrons. The molecule has 3 rings (SSSR count). The largest absolute Gasteiger partial charge is 0.493 e. The van der Waals surface area contributed by atoms with Crippen molar-refractivity contribution in [3.8, 4) is 17.2 Å². The van der Waals surface area contributed by atoms with E-state index in [4.69, 9.17) is 14.2 Å². The lowest BCUT2D eigenvalue weighted by atomic mass is 10.1. The lowest BCUT2D eigenvalue weighted by Gasteiger charge is -2.23. The fourth-order valence-electron chi connectivity index (χ4n) is 2.88. The fourth-order valence-corrected chi connectivity index (χ4v) is 2.88. The van der Waals surface area contributed by atoms with Crippen molar-refractivity contribution in [1.82, 2.24) is 4.90 Å². The summed E-state index contributed by atoms with van der Waals surface area (Å²) >= 11 is 0. The van der Waals surface area contributed by atoms with Crippen molar-refractivity contribution in [2.24, 2.45) is 0 Å². The third-order valence-electron chi connectivity index (χ3n) is 4.15. The first-order valence-electron chi connectivity index (χ1n) is 8.19. The fraction of sp³-hybridized carbons (Fsp3) is 0.316. The van der Waals surface area contributed by atoms with E-state index in [1.54, 1.807) is 0 Å². The molecule has 0 aliphatic carbocycles. The van der Waals surface area contributed by atoms with E-state index in [-0.39, 0.29) is 17.7 Å². The minimum atomic E-state index is -4.49. The Balaban J connectivity index is 1.87. The zero-order valence-corrected chi connectivity index (χ0v) is 14.8. The molecule has 1 aliphatic rings. The predicted molar refractivity (Wildman–Crippen MR) is 91.2 cm³/mol. The van der Waals surface area contributed by atoms with Gasteiger partial charge in [0.1, 0.15) is 13.2 Å². The summed E-state index contributed by atoms with van der Waals surface area (Å²) in [5.41, 5.74) is -0.502. The zero-order valence-electron chi connectivity index (χ0n) is 14.8. The van der Waals surface area contributed by atoms with Gasteiger partial charge < -0.3 is 19.1 Å². The SMILES string of the molecule is COc1cc(C(=O)N(C)Cc2ccccc2C(F)(F)F)cc2c1OCCO2. The van der Waals surface area contributed by atoms with E-state index >= 15 is 0 Å². The Morgan fingerprint density at radius 1 is 1.19 bits per heavy atom. The van der Waals surface area contributed by atoms with Crippen LogP contribution in [0.4, 0.5) is 13.2 Å². The molecule has 0 aromatic heterocycles. The van der Waals surface area contributed by atoms with Gasteiger partial charge in [0.05, 0.1) is 12.7 Å². The quantitative estimate of drug-likeness (QED) is 0.809. The van der Waals surface area contributed by atoms with Crippen molar-refractivity contribution in [2.45, 2.75) is 12.7 Å². The second kappa shape index (κ2) is 7.38. The molecule has 144 valence electrons. The number of ether oxygens (including phenoxy) is 3. The van der Waals surface area contributed by atoms with Crippen LogP contribution < -0.4 is 14.2 Å². The molecule has 1 heterocycles. The molecule has 27 heavy (non-hydrogen) atoms. The monoisotopic (exact) mass is 381 g/mol. The van der Waals surface area contributed by atoms with E-state index in [1.165, 1.54) is 49.4 Å². The first-order valence-corrected chi connectivity index (χ1v) is 8.19. The van der Waals surface area contributed by atoms with Crippen LogP contribution in [-0.2, 0) is 12.7 Å². The molecule has 2 aromatic carbocycles. The molecule has 1 aliphatic heterocycles. The molecule has 0 unspecified atom stereocenters. The van der Waals surface area contributed by atoms with Gasteiger partial charge in [0.25, 0.3) is 5.91 Å². The van der Waals surface area contributed by atoms with Crippen molar-refractivity contribution >= 4 is 5.91 Å². The van der Waals surface area contributed by atoms with Crippen molar-refractivity contribution in [1.29, 1.82) is 0 Å². The van der Waals surface area contributed by atoms with Crippen molar-refractivity contribution in [3.63, 3.8) is 0 Å². The molecule has 0 atom stereocenters. The lowest BCUT2D eigenvalue weighted by Crippen LogP contribution is -2.28. The average molecular weight is 381 g/mol. The van der Waals surface area contributed by atoms with Gasteiger partial charge in [0, 0.05) is 19.2 Å². The van der Waals surface area contributed by atoms with Gasteiger partial charge in [0.15, 0.2) is 11.5 Å². The summed E-state index contributed by atoms with van der Waals surface area (Å²) in [6.45, 7) is 0.513. The van der Waals surface area contributed by atoms with Gasteiger partial charge in [-0.25, -0.2) is 0 Å². The number of amides is 1. The number of carbonyl (C=O) groups is 1. The predicted octanol–water partition coefficient (Wildman–Crippen LogP) is 3.76. The Labute approximate surface area is 154 Å².